The standard InChI is InChI=1S/C24H31N5O2/c1-16(2)29-23-19(14-26-29)18(13-20(27-23)17-8-9-17)24(30)25-15-21(22-7-6-12-31-22)28-10-4-3-5-11-28/h6-7,12-14,16-17,21H,3-5,8-11,15H2,1-2H3,(H,25,30). The van der Waals surface area contributed by atoms with E-state index in [4.69, 9.17) is 9.40 Å². The molecule has 1 atom stereocenters. The quantitative estimate of drug-likeness (QED) is 0.610. The molecule has 31 heavy (non-hydrogen) atoms. The lowest BCUT2D eigenvalue weighted by Gasteiger charge is -2.33. The van der Waals surface area contributed by atoms with Gasteiger partial charge in [0, 0.05) is 24.2 Å². The smallest absolute Gasteiger partial charge is 0.252 e. The van der Waals surface area contributed by atoms with Gasteiger partial charge in [-0.15, -0.1) is 0 Å². The minimum Gasteiger partial charge on any atom is -0.468 e. The highest BCUT2D eigenvalue weighted by molar-refractivity contribution is 6.05. The van der Waals surface area contributed by atoms with Gasteiger partial charge in [0.2, 0.25) is 0 Å². The number of fused-ring (bicyclic) bond motifs is 1. The zero-order valence-corrected chi connectivity index (χ0v) is 18.4. The first-order valence-electron chi connectivity index (χ1n) is 11.6. The van der Waals surface area contributed by atoms with Crippen molar-refractivity contribution in [1.29, 1.82) is 0 Å². The second-order valence-electron chi connectivity index (χ2n) is 9.13. The van der Waals surface area contributed by atoms with Crippen LogP contribution in [0.5, 0.6) is 0 Å². The van der Waals surface area contributed by atoms with Gasteiger partial charge in [0.25, 0.3) is 5.91 Å². The van der Waals surface area contributed by atoms with Crippen LogP contribution in [-0.2, 0) is 0 Å². The molecule has 7 heteroatoms. The molecule has 7 nitrogen and oxygen atoms in total. The van der Waals surface area contributed by atoms with Crippen LogP contribution < -0.4 is 5.32 Å². The molecule has 3 aromatic heterocycles. The Kier molecular flexibility index (Phi) is 5.52. The van der Waals surface area contributed by atoms with Crippen LogP contribution in [0.3, 0.4) is 0 Å². The number of nitrogens with zero attached hydrogens (tertiary/aromatic N) is 4. The predicted molar refractivity (Wildman–Crippen MR) is 119 cm³/mol. The number of rotatable bonds is 7. The summed E-state index contributed by atoms with van der Waals surface area (Å²) < 4.78 is 7.64. The van der Waals surface area contributed by atoms with Crippen molar-refractivity contribution in [3.8, 4) is 0 Å². The van der Waals surface area contributed by atoms with E-state index in [2.05, 4.69) is 29.2 Å². The fourth-order valence-corrected chi connectivity index (χ4v) is 4.60. The molecule has 1 saturated heterocycles. The molecule has 1 N–H and O–H groups in total. The van der Waals surface area contributed by atoms with Crippen molar-refractivity contribution in [3.63, 3.8) is 0 Å². The maximum atomic E-state index is 13.4. The minimum absolute atomic E-state index is 0.0536. The van der Waals surface area contributed by atoms with Gasteiger partial charge in [-0.05, 0) is 70.8 Å². The van der Waals surface area contributed by atoms with Crippen molar-refractivity contribution in [3.05, 3.63) is 47.7 Å². The van der Waals surface area contributed by atoms with E-state index in [0.717, 1.165) is 48.4 Å². The first kappa shape index (κ1) is 20.2. The molecule has 4 heterocycles. The number of furan rings is 1. The summed E-state index contributed by atoms with van der Waals surface area (Å²) in [6.07, 6.45) is 9.43. The topological polar surface area (TPSA) is 76.2 Å². The summed E-state index contributed by atoms with van der Waals surface area (Å²) in [4.78, 5) is 20.7. The Bertz CT molecular complexity index is 1050. The SMILES string of the molecule is CC(C)n1ncc2c(C(=O)NCC(c3ccco3)N3CCCCC3)cc(C3CC3)nc21. The van der Waals surface area contributed by atoms with Gasteiger partial charge in [0.1, 0.15) is 5.76 Å². The third kappa shape index (κ3) is 4.11. The molecule has 1 unspecified atom stereocenters. The number of carbonyl (C=O) groups is 1. The summed E-state index contributed by atoms with van der Waals surface area (Å²) in [5.74, 6) is 1.32. The Morgan fingerprint density at radius 1 is 1.26 bits per heavy atom. The summed E-state index contributed by atoms with van der Waals surface area (Å²) in [7, 11) is 0. The monoisotopic (exact) mass is 421 g/mol. The molecule has 3 aromatic rings. The van der Waals surface area contributed by atoms with Crippen molar-refractivity contribution in [1.82, 2.24) is 25.0 Å². The summed E-state index contributed by atoms with van der Waals surface area (Å²) >= 11 is 0. The number of hydrogen-bond acceptors (Lipinski definition) is 5. The maximum absolute atomic E-state index is 13.4. The molecule has 0 spiro atoms. The zero-order valence-electron chi connectivity index (χ0n) is 18.4. The molecule has 164 valence electrons. The van der Waals surface area contributed by atoms with Crippen LogP contribution in [0.2, 0.25) is 0 Å². The Morgan fingerprint density at radius 3 is 2.74 bits per heavy atom. The molecule has 1 amide bonds. The molecule has 2 fully saturated rings. The van der Waals surface area contributed by atoms with E-state index >= 15 is 0 Å². The maximum Gasteiger partial charge on any atom is 0.252 e. The number of hydrogen-bond donors (Lipinski definition) is 1. The molecule has 2 aliphatic rings. The number of aromatic nitrogens is 3. The van der Waals surface area contributed by atoms with Crippen molar-refractivity contribution >= 4 is 16.9 Å². The Balaban J connectivity index is 1.41. The number of pyridine rings is 1. The molecule has 0 radical (unpaired) electrons. The molecule has 1 aliphatic carbocycles. The van der Waals surface area contributed by atoms with Gasteiger partial charge < -0.3 is 9.73 Å². The number of nitrogens with one attached hydrogen (secondary N) is 1. The highest BCUT2D eigenvalue weighted by Crippen LogP contribution is 2.40. The molecule has 1 aliphatic heterocycles. The summed E-state index contributed by atoms with van der Waals surface area (Å²) in [5, 5.41) is 8.54. The van der Waals surface area contributed by atoms with Gasteiger partial charge >= 0.3 is 0 Å². The Morgan fingerprint density at radius 2 is 2.06 bits per heavy atom. The van der Waals surface area contributed by atoms with Gasteiger partial charge in [-0.2, -0.15) is 5.10 Å². The van der Waals surface area contributed by atoms with Crippen LogP contribution in [-0.4, -0.2) is 45.2 Å². The summed E-state index contributed by atoms with van der Waals surface area (Å²) in [6, 6.07) is 6.15. The minimum atomic E-state index is -0.0637. The number of likely N-dealkylation sites (tertiary alicyclic amines) is 1. The lowest BCUT2D eigenvalue weighted by Crippen LogP contribution is -2.40. The fraction of sp³-hybridized carbons (Fsp3) is 0.542. The Labute approximate surface area is 182 Å². The fourth-order valence-electron chi connectivity index (χ4n) is 4.60. The normalized spacial score (nSPS) is 18.5. The third-order valence-electron chi connectivity index (χ3n) is 6.47. The van der Waals surface area contributed by atoms with Crippen LogP contribution in [0.1, 0.15) is 85.8 Å². The van der Waals surface area contributed by atoms with Crippen LogP contribution in [0.25, 0.3) is 11.0 Å². The Hall–Kier alpha value is -2.67. The lowest BCUT2D eigenvalue weighted by atomic mass is 10.1. The van der Waals surface area contributed by atoms with Crippen LogP contribution in [0, 0.1) is 0 Å². The lowest BCUT2D eigenvalue weighted by molar-refractivity contribution is 0.0915. The van der Waals surface area contributed by atoms with Crippen molar-refractivity contribution in [2.75, 3.05) is 19.6 Å². The van der Waals surface area contributed by atoms with Gasteiger partial charge in [-0.1, -0.05) is 6.42 Å². The molecule has 1 saturated carbocycles. The second-order valence-corrected chi connectivity index (χ2v) is 9.13. The molecule has 5 rings (SSSR count). The van der Waals surface area contributed by atoms with Crippen molar-refractivity contribution in [2.45, 2.75) is 64.0 Å². The number of carbonyl (C=O) groups excluding carboxylic acids is 1. The zero-order chi connectivity index (χ0) is 21.4. The summed E-state index contributed by atoms with van der Waals surface area (Å²) in [5.41, 5.74) is 2.50. The van der Waals surface area contributed by atoms with Crippen molar-refractivity contribution < 1.29 is 9.21 Å². The second kappa shape index (κ2) is 8.46. The van der Waals surface area contributed by atoms with Gasteiger partial charge in [-0.25, -0.2) is 9.67 Å². The van der Waals surface area contributed by atoms with E-state index in [1.54, 1.807) is 12.5 Å². The van der Waals surface area contributed by atoms with E-state index in [-0.39, 0.29) is 18.0 Å². The van der Waals surface area contributed by atoms with E-state index in [0.29, 0.717) is 18.0 Å². The van der Waals surface area contributed by atoms with Gasteiger partial charge in [0.05, 0.1) is 29.5 Å². The first-order valence-corrected chi connectivity index (χ1v) is 11.6. The molecular formula is C24H31N5O2. The van der Waals surface area contributed by atoms with Gasteiger partial charge in [0.15, 0.2) is 5.65 Å². The van der Waals surface area contributed by atoms with Crippen molar-refractivity contribution in [2.24, 2.45) is 0 Å². The van der Waals surface area contributed by atoms with E-state index < -0.39 is 0 Å². The average Bonchev–Trinajstić information content (AvgIpc) is 3.31. The molecule has 0 aromatic carbocycles. The summed E-state index contributed by atoms with van der Waals surface area (Å²) in [6.45, 7) is 6.77. The highest BCUT2D eigenvalue weighted by atomic mass is 16.3. The van der Waals surface area contributed by atoms with Crippen LogP contribution in [0.4, 0.5) is 0 Å². The van der Waals surface area contributed by atoms with Crippen LogP contribution >= 0.6 is 0 Å². The van der Waals surface area contributed by atoms with E-state index in [9.17, 15) is 4.79 Å². The number of piperidine rings is 1. The van der Waals surface area contributed by atoms with E-state index in [1.807, 2.05) is 22.9 Å². The van der Waals surface area contributed by atoms with Gasteiger partial charge in [-0.3, -0.25) is 9.69 Å². The largest absolute Gasteiger partial charge is 0.468 e. The average molecular weight is 422 g/mol. The predicted octanol–water partition coefficient (Wildman–Crippen LogP) is 4.44. The van der Waals surface area contributed by atoms with E-state index in [1.165, 1.54) is 19.3 Å². The number of amides is 1. The van der Waals surface area contributed by atoms with Crippen LogP contribution in [0.15, 0.2) is 35.1 Å². The highest BCUT2D eigenvalue weighted by Gasteiger charge is 2.29. The molecular weight excluding hydrogens is 390 g/mol. The third-order valence-corrected chi connectivity index (χ3v) is 6.47. The first-order chi connectivity index (χ1) is 15.1. The molecule has 0 bridgehead atoms.